The summed E-state index contributed by atoms with van der Waals surface area (Å²) >= 11 is 0. The van der Waals surface area contributed by atoms with Crippen LogP contribution in [0.4, 0.5) is 0 Å². The zero-order valence-corrected chi connectivity index (χ0v) is 14.2. The maximum atomic E-state index is 12.6. The second-order valence-corrected chi connectivity index (χ2v) is 9.33. The van der Waals surface area contributed by atoms with E-state index in [-0.39, 0.29) is 17.6 Å². The summed E-state index contributed by atoms with van der Waals surface area (Å²) in [6.07, 6.45) is 9.70. The monoisotopic (exact) mass is 325 g/mol. The molecule has 3 rings (SSSR count). The average molecular weight is 325 g/mol. The van der Waals surface area contributed by atoms with Gasteiger partial charge in [-0.3, -0.25) is 4.79 Å². The van der Waals surface area contributed by atoms with Crippen molar-refractivity contribution in [2.45, 2.75) is 57.9 Å². The fraction of sp³-hybridized carbons (Fsp3) is 0.824. The highest BCUT2D eigenvalue weighted by molar-refractivity contribution is 7.94. The van der Waals surface area contributed by atoms with Crippen LogP contribution in [-0.4, -0.2) is 37.6 Å². The van der Waals surface area contributed by atoms with Crippen molar-refractivity contribution in [3.63, 3.8) is 0 Å². The minimum absolute atomic E-state index is 0.104. The van der Waals surface area contributed by atoms with Crippen LogP contribution in [0.3, 0.4) is 0 Å². The highest BCUT2D eigenvalue weighted by Crippen LogP contribution is 2.37. The molecule has 0 aromatic rings. The molecule has 0 radical (unpaired) electrons. The van der Waals surface area contributed by atoms with Crippen LogP contribution in [0, 0.1) is 17.8 Å². The Hall–Kier alpha value is -0.840. The number of allylic oxidation sites excluding steroid dienone is 1. The average Bonchev–Trinajstić information content (AvgIpc) is 3.09. The highest BCUT2D eigenvalue weighted by atomic mass is 32.2. The molecule has 4 nitrogen and oxygen atoms in total. The minimum Gasteiger partial charge on any atom is -0.340 e. The Morgan fingerprint density at radius 1 is 1.14 bits per heavy atom. The maximum Gasteiger partial charge on any atom is 0.223 e. The van der Waals surface area contributed by atoms with E-state index in [1.807, 2.05) is 4.90 Å². The summed E-state index contributed by atoms with van der Waals surface area (Å²) < 4.78 is 23.0. The Kier molecular flexibility index (Phi) is 4.62. The van der Waals surface area contributed by atoms with Crippen molar-refractivity contribution >= 4 is 15.7 Å². The van der Waals surface area contributed by atoms with E-state index in [2.05, 4.69) is 6.92 Å². The van der Waals surface area contributed by atoms with Crippen LogP contribution in [0.15, 0.2) is 11.5 Å². The fourth-order valence-corrected chi connectivity index (χ4v) is 5.80. The molecule has 3 aliphatic rings. The molecule has 0 aromatic heterocycles. The molecule has 0 N–H and O–H groups in total. The largest absolute Gasteiger partial charge is 0.340 e. The van der Waals surface area contributed by atoms with Crippen molar-refractivity contribution in [2.24, 2.45) is 17.8 Å². The van der Waals surface area contributed by atoms with E-state index < -0.39 is 9.84 Å². The van der Waals surface area contributed by atoms with Gasteiger partial charge in [-0.1, -0.05) is 31.8 Å². The van der Waals surface area contributed by atoms with Gasteiger partial charge in [-0.25, -0.2) is 8.42 Å². The number of likely N-dealkylation sites (tertiary alicyclic amines) is 1. The molecule has 124 valence electrons. The predicted molar refractivity (Wildman–Crippen MR) is 86.9 cm³/mol. The SMILES string of the molecule is C[C@@H]1CC[C@@H](C2CCCC2)CN1C(=O)CC1C=CS(=O)(=O)C1. The number of piperidine rings is 1. The van der Waals surface area contributed by atoms with Crippen molar-refractivity contribution < 1.29 is 13.2 Å². The molecule has 3 atom stereocenters. The third-order valence-electron chi connectivity index (χ3n) is 5.75. The van der Waals surface area contributed by atoms with Crippen molar-refractivity contribution in [2.75, 3.05) is 12.3 Å². The van der Waals surface area contributed by atoms with Crippen LogP contribution in [-0.2, 0) is 14.6 Å². The summed E-state index contributed by atoms with van der Waals surface area (Å²) in [6, 6.07) is 0.298. The highest BCUT2D eigenvalue weighted by Gasteiger charge is 2.35. The number of amides is 1. The Labute approximate surface area is 133 Å². The van der Waals surface area contributed by atoms with Crippen molar-refractivity contribution in [1.29, 1.82) is 0 Å². The first kappa shape index (κ1) is 16.0. The summed E-state index contributed by atoms with van der Waals surface area (Å²) in [6.45, 7) is 3.01. The van der Waals surface area contributed by atoms with Gasteiger partial charge in [0.05, 0.1) is 5.75 Å². The first-order chi connectivity index (χ1) is 10.4. The van der Waals surface area contributed by atoms with Crippen molar-refractivity contribution in [1.82, 2.24) is 4.90 Å². The van der Waals surface area contributed by atoms with Gasteiger partial charge in [0.1, 0.15) is 0 Å². The van der Waals surface area contributed by atoms with Gasteiger partial charge >= 0.3 is 0 Å². The number of carbonyl (C=O) groups excluding carboxylic acids is 1. The van der Waals surface area contributed by atoms with E-state index in [1.165, 1.54) is 37.5 Å². The van der Waals surface area contributed by atoms with Gasteiger partial charge in [0.15, 0.2) is 9.84 Å². The predicted octanol–water partition coefficient (Wildman–Crippen LogP) is 2.75. The van der Waals surface area contributed by atoms with Crippen LogP contribution < -0.4 is 0 Å². The zero-order chi connectivity index (χ0) is 15.7. The van der Waals surface area contributed by atoms with Crippen LogP contribution in [0.5, 0.6) is 0 Å². The Balaban J connectivity index is 1.59. The number of carbonyl (C=O) groups is 1. The smallest absolute Gasteiger partial charge is 0.223 e. The van der Waals surface area contributed by atoms with Crippen LogP contribution in [0.25, 0.3) is 0 Å². The lowest BCUT2D eigenvalue weighted by Crippen LogP contribution is -2.47. The van der Waals surface area contributed by atoms with Gasteiger partial charge in [0, 0.05) is 30.3 Å². The summed E-state index contributed by atoms with van der Waals surface area (Å²) in [5.74, 6) is 1.58. The fourth-order valence-electron chi connectivity index (χ4n) is 4.41. The lowest BCUT2D eigenvalue weighted by Gasteiger charge is -2.40. The first-order valence-corrected chi connectivity index (χ1v) is 10.4. The lowest BCUT2D eigenvalue weighted by atomic mass is 9.82. The van der Waals surface area contributed by atoms with Crippen LogP contribution in [0.1, 0.15) is 51.9 Å². The quantitative estimate of drug-likeness (QED) is 0.802. The van der Waals surface area contributed by atoms with E-state index in [0.29, 0.717) is 18.4 Å². The van der Waals surface area contributed by atoms with E-state index in [9.17, 15) is 13.2 Å². The number of hydrogen-bond acceptors (Lipinski definition) is 3. The summed E-state index contributed by atoms with van der Waals surface area (Å²) in [7, 11) is -3.06. The van der Waals surface area contributed by atoms with Gasteiger partial charge in [-0.15, -0.1) is 0 Å². The molecule has 1 amide bonds. The van der Waals surface area contributed by atoms with E-state index in [4.69, 9.17) is 0 Å². The molecular weight excluding hydrogens is 298 g/mol. The third-order valence-corrected chi connectivity index (χ3v) is 7.21. The molecule has 22 heavy (non-hydrogen) atoms. The molecule has 1 unspecified atom stereocenters. The summed E-state index contributed by atoms with van der Waals surface area (Å²) in [5, 5.41) is 1.27. The van der Waals surface area contributed by atoms with Crippen molar-refractivity contribution in [3.8, 4) is 0 Å². The zero-order valence-electron chi connectivity index (χ0n) is 13.4. The summed E-state index contributed by atoms with van der Waals surface area (Å²) in [5.41, 5.74) is 0. The summed E-state index contributed by atoms with van der Waals surface area (Å²) in [4.78, 5) is 14.7. The van der Waals surface area contributed by atoms with Crippen LogP contribution in [0.2, 0.25) is 0 Å². The second kappa shape index (κ2) is 6.34. The number of hydrogen-bond donors (Lipinski definition) is 0. The third kappa shape index (κ3) is 3.55. The second-order valence-electron chi connectivity index (χ2n) is 7.40. The molecule has 2 aliphatic heterocycles. The number of nitrogens with zero attached hydrogens (tertiary/aromatic N) is 1. The number of sulfone groups is 1. The Morgan fingerprint density at radius 3 is 2.50 bits per heavy atom. The van der Waals surface area contributed by atoms with Gasteiger partial charge in [-0.05, 0) is 31.6 Å². The van der Waals surface area contributed by atoms with Gasteiger partial charge < -0.3 is 4.90 Å². The molecule has 2 heterocycles. The molecular formula is C17H27NO3S. The van der Waals surface area contributed by atoms with Gasteiger partial charge in [0.2, 0.25) is 5.91 Å². The molecule has 1 saturated heterocycles. The van der Waals surface area contributed by atoms with Crippen LogP contribution >= 0.6 is 0 Å². The molecule has 2 fully saturated rings. The van der Waals surface area contributed by atoms with E-state index in [0.717, 1.165) is 18.9 Å². The molecule has 0 bridgehead atoms. The van der Waals surface area contributed by atoms with E-state index in [1.54, 1.807) is 6.08 Å². The normalized spacial score (nSPS) is 35.1. The number of rotatable bonds is 3. The minimum atomic E-state index is -3.06. The van der Waals surface area contributed by atoms with Gasteiger partial charge in [0.25, 0.3) is 0 Å². The van der Waals surface area contributed by atoms with Crippen molar-refractivity contribution in [3.05, 3.63) is 11.5 Å². The first-order valence-electron chi connectivity index (χ1n) is 8.65. The lowest BCUT2D eigenvalue weighted by molar-refractivity contribution is -0.136. The van der Waals surface area contributed by atoms with Gasteiger partial charge in [-0.2, -0.15) is 0 Å². The standard InChI is InChI=1S/C17H27NO3S/c1-13-6-7-16(15-4-2-3-5-15)11-18(13)17(19)10-14-8-9-22(20,21)12-14/h8-9,13-16H,2-7,10-12H2,1H3/t13-,14?,16-/m1/s1. The Bertz CT molecular complexity index is 548. The molecule has 1 saturated carbocycles. The Morgan fingerprint density at radius 2 is 1.86 bits per heavy atom. The maximum absolute atomic E-state index is 12.6. The molecule has 0 aromatic carbocycles. The van der Waals surface area contributed by atoms with E-state index >= 15 is 0 Å². The molecule has 0 spiro atoms. The topological polar surface area (TPSA) is 54.5 Å². The molecule has 1 aliphatic carbocycles. The molecule has 5 heteroatoms.